The number of benzene rings is 2. The quantitative estimate of drug-likeness (QED) is 0.749. The van der Waals surface area contributed by atoms with E-state index in [2.05, 4.69) is 0 Å². The van der Waals surface area contributed by atoms with Crippen molar-refractivity contribution in [3.05, 3.63) is 70.8 Å². The lowest BCUT2D eigenvalue weighted by atomic mass is 10.1. The molecule has 1 aliphatic rings. The molecule has 0 spiro atoms. The molecular formula is C19H18F3NOS. The van der Waals surface area contributed by atoms with E-state index in [0.717, 1.165) is 18.1 Å². The van der Waals surface area contributed by atoms with Crippen LogP contribution >= 0.6 is 11.8 Å². The molecule has 132 valence electrons. The van der Waals surface area contributed by atoms with Gasteiger partial charge in [0.25, 0.3) is 5.91 Å². The van der Waals surface area contributed by atoms with Crippen LogP contribution in [0.2, 0.25) is 0 Å². The molecule has 0 unspecified atom stereocenters. The van der Waals surface area contributed by atoms with Gasteiger partial charge in [-0.05, 0) is 35.7 Å². The minimum Gasteiger partial charge on any atom is -0.322 e. The molecule has 0 N–H and O–H groups in total. The van der Waals surface area contributed by atoms with E-state index in [-0.39, 0.29) is 11.5 Å². The fraction of sp³-hybridized carbons (Fsp3) is 0.316. The summed E-state index contributed by atoms with van der Waals surface area (Å²) in [5.74, 6) is 0.393. The summed E-state index contributed by atoms with van der Waals surface area (Å²) in [6.45, 7) is 2.47. The van der Waals surface area contributed by atoms with Gasteiger partial charge in [0.05, 0.1) is 5.56 Å². The third kappa shape index (κ3) is 3.68. The summed E-state index contributed by atoms with van der Waals surface area (Å²) in [7, 11) is 0. The average Bonchev–Trinajstić information content (AvgIpc) is 3.10. The maximum absolute atomic E-state index is 13.3. The zero-order chi connectivity index (χ0) is 18.0. The molecule has 1 aliphatic heterocycles. The molecule has 2 aromatic carbocycles. The summed E-state index contributed by atoms with van der Waals surface area (Å²) in [6, 6.07) is 12.8. The highest BCUT2D eigenvalue weighted by Gasteiger charge is 2.39. The summed E-state index contributed by atoms with van der Waals surface area (Å²) in [5.41, 5.74) is 1.10. The normalized spacial score (nSPS) is 17.8. The smallest absolute Gasteiger partial charge is 0.322 e. The van der Waals surface area contributed by atoms with Gasteiger partial charge in [0.15, 0.2) is 0 Å². The molecule has 0 aliphatic carbocycles. The van der Waals surface area contributed by atoms with E-state index in [1.54, 1.807) is 18.2 Å². The Hall–Kier alpha value is -1.95. The number of thioether (sulfide) groups is 1. The van der Waals surface area contributed by atoms with Crippen molar-refractivity contribution in [3.8, 4) is 0 Å². The van der Waals surface area contributed by atoms with Crippen molar-refractivity contribution in [2.24, 2.45) is 0 Å². The molecule has 1 amide bonds. The van der Waals surface area contributed by atoms with Gasteiger partial charge in [0.2, 0.25) is 0 Å². The van der Waals surface area contributed by atoms with Crippen LogP contribution in [0.25, 0.3) is 0 Å². The van der Waals surface area contributed by atoms with Crippen LogP contribution in [0.1, 0.15) is 39.3 Å². The predicted molar refractivity (Wildman–Crippen MR) is 93.5 cm³/mol. The molecule has 3 rings (SSSR count). The molecule has 1 atom stereocenters. The lowest BCUT2D eigenvalue weighted by Crippen LogP contribution is -2.31. The van der Waals surface area contributed by atoms with Gasteiger partial charge < -0.3 is 4.90 Å². The van der Waals surface area contributed by atoms with Crippen LogP contribution in [0.15, 0.2) is 48.5 Å². The SMILES string of the molecule is CCc1ccc(C(=O)N2CCS[C@@H]2c2ccccc2C(F)(F)F)cc1. The minimum absolute atomic E-state index is 0.149. The van der Waals surface area contributed by atoms with Crippen LogP contribution in [-0.4, -0.2) is 23.1 Å². The summed E-state index contributed by atoms with van der Waals surface area (Å²) in [4.78, 5) is 14.4. The summed E-state index contributed by atoms with van der Waals surface area (Å²) >= 11 is 1.37. The van der Waals surface area contributed by atoms with E-state index in [1.807, 2.05) is 19.1 Å². The summed E-state index contributed by atoms with van der Waals surface area (Å²) in [5, 5.41) is -0.615. The van der Waals surface area contributed by atoms with Crippen LogP contribution < -0.4 is 0 Å². The summed E-state index contributed by atoms with van der Waals surface area (Å²) < 4.78 is 40.0. The number of amides is 1. The van der Waals surface area contributed by atoms with Crippen LogP contribution in [0.5, 0.6) is 0 Å². The van der Waals surface area contributed by atoms with Gasteiger partial charge in [-0.2, -0.15) is 13.2 Å². The molecule has 0 aromatic heterocycles. The first kappa shape index (κ1) is 17.9. The monoisotopic (exact) mass is 365 g/mol. The van der Waals surface area contributed by atoms with Gasteiger partial charge in [0, 0.05) is 17.9 Å². The number of aryl methyl sites for hydroxylation is 1. The standard InChI is InChI=1S/C19H18F3NOS/c1-2-13-7-9-14(10-8-13)17(24)23-11-12-25-18(23)15-5-3-4-6-16(15)19(20,21)22/h3-10,18H,2,11-12H2,1H3/t18-/m1/s1. The van der Waals surface area contributed by atoms with E-state index < -0.39 is 17.1 Å². The number of nitrogens with zero attached hydrogens (tertiary/aromatic N) is 1. The average molecular weight is 365 g/mol. The first-order valence-electron chi connectivity index (χ1n) is 8.09. The van der Waals surface area contributed by atoms with Gasteiger partial charge in [-0.25, -0.2) is 0 Å². The second kappa shape index (κ2) is 7.12. The van der Waals surface area contributed by atoms with Crippen molar-refractivity contribution in [1.82, 2.24) is 4.90 Å². The Morgan fingerprint density at radius 1 is 1.16 bits per heavy atom. The molecule has 1 saturated heterocycles. The van der Waals surface area contributed by atoms with Crippen molar-refractivity contribution in [3.63, 3.8) is 0 Å². The Labute approximate surface area is 149 Å². The van der Waals surface area contributed by atoms with Crippen molar-refractivity contribution >= 4 is 17.7 Å². The zero-order valence-electron chi connectivity index (χ0n) is 13.7. The molecule has 25 heavy (non-hydrogen) atoms. The Balaban J connectivity index is 1.92. The number of hydrogen-bond donors (Lipinski definition) is 0. The topological polar surface area (TPSA) is 20.3 Å². The maximum Gasteiger partial charge on any atom is 0.416 e. The van der Waals surface area contributed by atoms with Gasteiger partial charge in [0.1, 0.15) is 5.37 Å². The van der Waals surface area contributed by atoms with E-state index in [9.17, 15) is 18.0 Å². The van der Waals surface area contributed by atoms with Gasteiger partial charge in [-0.3, -0.25) is 4.79 Å². The molecule has 2 nitrogen and oxygen atoms in total. The lowest BCUT2D eigenvalue weighted by Gasteiger charge is -2.26. The summed E-state index contributed by atoms with van der Waals surface area (Å²) in [6.07, 6.45) is -3.56. The van der Waals surface area contributed by atoms with E-state index in [0.29, 0.717) is 17.9 Å². The molecule has 1 fully saturated rings. The predicted octanol–water partition coefficient (Wildman–Crippen LogP) is 5.16. The highest BCUT2D eigenvalue weighted by atomic mass is 32.2. The molecule has 0 bridgehead atoms. The number of alkyl halides is 3. The third-order valence-electron chi connectivity index (χ3n) is 4.29. The molecule has 6 heteroatoms. The van der Waals surface area contributed by atoms with E-state index in [4.69, 9.17) is 0 Å². The molecule has 0 radical (unpaired) electrons. The molecular weight excluding hydrogens is 347 g/mol. The Kier molecular flexibility index (Phi) is 5.08. The van der Waals surface area contributed by atoms with Crippen LogP contribution in [0, 0.1) is 0 Å². The van der Waals surface area contributed by atoms with Crippen LogP contribution in [-0.2, 0) is 12.6 Å². The number of rotatable bonds is 3. The van der Waals surface area contributed by atoms with Crippen LogP contribution in [0.3, 0.4) is 0 Å². The third-order valence-corrected chi connectivity index (χ3v) is 5.54. The first-order valence-corrected chi connectivity index (χ1v) is 9.14. The van der Waals surface area contributed by atoms with Crippen molar-refractivity contribution in [1.29, 1.82) is 0 Å². The van der Waals surface area contributed by atoms with Crippen molar-refractivity contribution in [2.75, 3.05) is 12.3 Å². The van der Waals surface area contributed by atoms with Crippen molar-refractivity contribution in [2.45, 2.75) is 24.9 Å². The first-order chi connectivity index (χ1) is 11.9. The Morgan fingerprint density at radius 2 is 1.84 bits per heavy atom. The molecule has 1 heterocycles. The molecule has 2 aromatic rings. The number of carbonyl (C=O) groups excluding carboxylic acids is 1. The second-order valence-electron chi connectivity index (χ2n) is 5.86. The van der Waals surface area contributed by atoms with Gasteiger partial charge in [-0.15, -0.1) is 11.8 Å². The van der Waals surface area contributed by atoms with E-state index >= 15 is 0 Å². The number of carbonyl (C=O) groups is 1. The maximum atomic E-state index is 13.3. The Morgan fingerprint density at radius 3 is 2.48 bits per heavy atom. The van der Waals surface area contributed by atoms with Crippen LogP contribution in [0.4, 0.5) is 13.2 Å². The van der Waals surface area contributed by atoms with Gasteiger partial charge in [-0.1, -0.05) is 37.3 Å². The fourth-order valence-electron chi connectivity index (χ4n) is 2.95. The number of hydrogen-bond acceptors (Lipinski definition) is 2. The largest absolute Gasteiger partial charge is 0.416 e. The van der Waals surface area contributed by atoms with Gasteiger partial charge >= 0.3 is 6.18 Å². The second-order valence-corrected chi connectivity index (χ2v) is 7.05. The number of halogens is 3. The van der Waals surface area contributed by atoms with Crippen molar-refractivity contribution < 1.29 is 18.0 Å². The zero-order valence-corrected chi connectivity index (χ0v) is 14.5. The Bertz CT molecular complexity index is 758. The lowest BCUT2D eigenvalue weighted by molar-refractivity contribution is -0.138. The van der Waals surface area contributed by atoms with E-state index in [1.165, 1.54) is 28.8 Å². The highest BCUT2D eigenvalue weighted by molar-refractivity contribution is 7.99. The highest BCUT2D eigenvalue weighted by Crippen LogP contribution is 2.44. The molecule has 0 saturated carbocycles. The minimum atomic E-state index is -4.43. The fourth-order valence-corrected chi connectivity index (χ4v) is 4.25.